The van der Waals surface area contributed by atoms with Gasteiger partial charge >= 0.3 is 0 Å². The molecule has 2 aliphatic rings. The molecule has 0 unspecified atom stereocenters. The average Bonchev–Trinajstić information content (AvgIpc) is 3.26. The quantitative estimate of drug-likeness (QED) is 0.214. The predicted octanol–water partition coefficient (Wildman–Crippen LogP) is 6.69. The third kappa shape index (κ3) is 5.82. The summed E-state index contributed by atoms with van der Waals surface area (Å²) in [6, 6.07) is 18.3. The number of imidazole rings is 1. The Morgan fingerprint density at radius 2 is 2.05 bits per heavy atom. The number of carbonyl (C=O) groups is 1. The Bertz CT molecular complexity index is 1590. The third-order valence-electron chi connectivity index (χ3n) is 7.69. The number of hydrogen-bond acceptors (Lipinski definition) is 5. The van der Waals surface area contributed by atoms with E-state index in [2.05, 4.69) is 21.6 Å². The zero-order valence-electron chi connectivity index (χ0n) is 22.4. The number of rotatable bonds is 9. The second-order valence-corrected chi connectivity index (χ2v) is 10.9. The van der Waals surface area contributed by atoms with Gasteiger partial charge in [0, 0.05) is 35.8 Å². The van der Waals surface area contributed by atoms with E-state index in [-0.39, 0.29) is 24.3 Å². The van der Waals surface area contributed by atoms with Crippen LogP contribution < -0.4 is 4.74 Å². The molecular formula is C32H31ClFN3O3. The van der Waals surface area contributed by atoms with Crippen LogP contribution in [0.25, 0.3) is 16.6 Å². The molecule has 40 heavy (non-hydrogen) atoms. The zero-order chi connectivity index (χ0) is 27.6. The second-order valence-electron chi connectivity index (χ2n) is 10.4. The van der Waals surface area contributed by atoms with E-state index >= 15 is 0 Å². The van der Waals surface area contributed by atoms with Crippen LogP contribution in [0.15, 0.2) is 66.7 Å². The van der Waals surface area contributed by atoms with Gasteiger partial charge in [-0.1, -0.05) is 35.9 Å². The van der Waals surface area contributed by atoms with Gasteiger partial charge in [0.2, 0.25) is 0 Å². The molecule has 0 spiro atoms. The van der Waals surface area contributed by atoms with Gasteiger partial charge < -0.3 is 14.0 Å². The minimum atomic E-state index is -0.369. The lowest BCUT2D eigenvalue weighted by Crippen LogP contribution is -2.33. The molecule has 6 nitrogen and oxygen atoms in total. The first-order chi connectivity index (χ1) is 19.4. The van der Waals surface area contributed by atoms with Crippen LogP contribution in [0.1, 0.15) is 47.1 Å². The number of fused-ring (bicyclic) bond motifs is 1. The number of carbonyl (C=O) groups excluding carboxylic acids is 1. The van der Waals surface area contributed by atoms with Crippen LogP contribution in [0, 0.1) is 5.82 Å². The molecule has 2 aliphatic heterocycles. The molecule has 1 aromatic heterocycles. The Labute approximate surface area is 238 Å². The van der Waals surface area contributed by atoms with E-state index in [0.29, 0.717) is 21.9 Å². The van der Waals surface area contributed by atoms with Crippen molar-refractivity contribution < 1.29 is 18.7 Å². The number of aromatic nitrogens is 2. The maximum Gasteiger partial charge on any atom is 0.159 e. The van der Waals surface area contributed by atoms with Crippen molar-refractivity contribution in [3.63, 3.8) is 0 Å². The molecule has 1 atom stereocenters. The van der Waals surface area contributed by atoms with E-state index in [0.717, 1.165) is 68.0 Å². The highest BCUT2D eigenvalue weighted by molar-refractivity contribution is 6.30. The fraction of sp³-hybridized carbons (Fsp3) is 0.312. The van der Waals surface area contributed by atoms with Crippen molar-refractivity contribution in [1.29, 1.82) is 0 Å². The summed E-state index contributed by atoms with van der Waals surface area (Å²) < 4.78 is 28.0. The van der Waals surface area contributed by atoms with Crippen molar-refractivity contribution in [3.8, 4) is 5.75 Å². The normalized spacial score (nSPS) is 17.5. The van der Waals surface area contributed by atoms with Crippen molar-refractivity contribution in [2.24, 2.45) is 0 Å². The van der Waals surface area contributed by atoms with Crippen LogP contribution >= 0.6 is 11.6 Å². The average molecular weight is 560 g/mol. The summed E-state index contributed by atoms with van der Waals surface area (Å²) in [6.45, 7) is 5.70. The van der Waals surface area contributed by atoms with Crippen LogP contribution in [-0.2, 0) is 24.4 Å². The van der Waals surface area contributed by atoms with Gasteiger partial charge in [0.25, 0.3) is 0 Å². The van der Waals surface area contributed by atoms with Crippen LogP contribution in [-0.4, -0.2) is 46.0 Å². The monoisotopic (exact) mass is 559 g/mol. The van der Waals surface area contributed by atoms with E-state index in [1.165, 1.54) is 11.6 Å². The molecule has 0 N–H and O–H groups in total. The highest BCUT2D eigenvalue weighted by Gasteiger charge is 2.24. The molecule has 1 saturated heterocycles. The van der Waals surface area contributed by atoms with Crippen molar-refractivity contribution in [2.45, 2.75) is 45.6 Å². The van der Waals surface area contributed by atoms with Gasteiger partial charge in [-0.25, -0.2) is 9.37 Å². The van der Waals surface area contributed by atoms with E-state index < -0.39 is 0 Å². The summed E-state index contributed by atoms with van der Waals surface area (Å²) in [7, 11) is 0. The predicted molar refractivity (Wildman–Crippen MR) is 154 cm³/mol. The van der Waals surface area contributed by atoms with Gasteiger partial charge in [-0.15, -0.1) is 0 Å². The SMILES string of the molecule is CC(=O)c1ccc2nc(CN3CC=C(c4cccc(OCc5ccc(Cl)cc5F)c4)CC3)n(C[C@@H]3CCO3)c2c1. The van der Waals surface area contributed by atoms with Crippen LogP contribution in [0.4, 0.5) is 4.39 Å². The number of Topliss-reactive ketones (excluding diaryl/α,β-unsaturated/α-hetero) is 1. The van der Waals surface area contributed by atoms with Gasteiger partial charge in [-0.3, -0.25) is 9.69 Å². The minimum absolute atomic E-state index is 0.0522. The Balaban J connectivity index is 1.15. The molecule has 0 saturated carbocycles. The Hall–Kier alpha value is -3.52. The van der Waals surface area contributed by atoms with E-state index in [4.69, 9.17) is 26.1 Å². The summed E-state index contributed by atoms with van der Waals surface area (Å²) >= 11 is 5.86. The Kier molecular flexibility index (Phi) is 7.69. The largest absolute Gasteiger partial charge is 0.489 e. The number of benzene rings is 3. The molecule has 8 heteroatoms. The van der Waals surface area contributed by atoms with Gasteiger partial charge in [-0.2, -0.15) is 0 Å². The second kappa shape index (κ2) is 11.5. The molecule has 4 aromatic rings. The van der Waals surface area contributed by atoms with E-state index in [1.807, 2.05) is 36.4 Å². The minimum Gasteiger partial charge on any atom is -0.489 e. The number of nitrogens with zero attached hydrogens (tertiary/aromatic N) is 3. The zero-order valence-corrected chi connectivity index (χ0v) is 23.2. The first-order valence-corrected chi connectivity index (χ1v) is 14.0. The molecule has 0 amide bonds. The highest BCUT2D eigenvalue weighted by atomic mass is 35.5. The summed E-state index contributed by atoms with van der Waals surface area (Å²) in [5.41, 5.74) is 5.44. The molecule has 0 bridgehead atoms. The number of halogens is 2. The van der Waals surface area contributed by atoms with Gasteiger partial charge in [0.05, 0.1) is 30.2 Å². The smallest absolute Gasteiger partial charge is 0.159 e. The summed E-state index contributed by atoms with van der Waals surface area (Å²) in [6.07, 6.45) is 4.39. The molecule has 206 valence electrons. The molecule has 0 radical (unpaired) electrons. The standard InChI is InChI=1S/C32H31ClFN3O3/c1-21(38)23-6-8-30-31(16-23)37(18-28-11-14-39-28)32(35-30)19-36-12-9-22(10-13-36)24-3-2-4-27(15-24)40-20-25-5-7-26(33)17-29(25)34/h2-9,15-17,28H,10-14,18-20H2,1H3/t28-/m0/s1. The Morgan fingerprint density at radius 3 is 2.77 bits per heavy atom. The molecule has 1 fully saturated rings. The molecule has 3 heterocycles. The molecule has 3 aromatic carbocycles. The van der Waals surface area contributed by atoms with Gasteiger partial charge in [-0.05, 0) is 73.4 Å². The maximum atomic E-state index is 14.1. The number of ether oxygens (including phenoxy) is 2. The van der Waals surface area contributed by atoms with Crippen molar-refractivity contribution in [3.05, 3.63) is 100 Å². The lowest BCUT2D eigenvalue weighted by atomic mass is 9.99. The van der Waals surface area contributed by atoms with Crippen LogP contribution in [0.5, 0.6) is 5.75 Å². The molecule has 0 aliphatic carbocycles. The Morgan fingerprint density at radius 1 is 1.18 bits per heavy atom. The lowest BCUT2D eigenvalue weighted by molar-refractivity contribution is -0.0591. The van der Waals surface area contributed by atoms with Crippen molar-refractivity contribution >= 4 is 34.0 Å². The number of hydrogen-bond donors (Lipinski definition) is 0. The van der Waals surface area contributed by atoms with Gasteiger partial charge in [0.15, 0.2) is 5.78 Å². The summed E-state index contributed by atoms with van der Waals surface area (Å²) in [4.78, 5) is 19.3. The van der Waals surface area contributed by atoms with Crippen LogP contribution in [0.2, 0.25) is 5.02 Å². The summed E-state index contributed by atoms with van der Waals surface area (Å²) in [5.74, 6) is 1.38. The van der Waals surface area contributed by atoms with E-state index in [9.17, 15) is 9.18 Å². The highest BCUT2D eigenvalue weighted by Crippen LogP contribution is 2.28. The molecule has 6 rings (SSSR count). The fourth-order valence-corrected chi connectivity index (χ4v) is 5.41. The van der Waals surface area contributed by atoms with Crippen molar-refractivity contribution in [2.75, 3.05) is 19.7 Å². The maximum absolute atomic E-state index is 14.1. The van der Waals surface area contributed by atoms with E-state index in [1.54, 1.807) is 19.1 Å². The first-order valence-electron chi connectivity index (χ1n) is 13.6. The lowest BCUT2D eigenvalue weighted by Gasteiger charge is -2.29. The third-order valence-corrected chi connectivity index (χ3v) is 7.92. The topological polar surface area (TPSA) is 56.6 Å². The molecular weight excluding hydrogens is 529 g/mol. The first kappa shape index (κ1) is 26.7. The van der Waals surface area contributed by atoms with Gasteiger partial charge in [0.1, 0.15) is 24.0 Å². The summed E-state index contributed by atoms with van der Waals surface area (Å²) in [5, 5.41) is 0.369. The van der Waals surface area contributed by atoms with Crippen molar-refractivity contribution in [1.82, 2.24) is 14.5 Å². The van der Waals surface area contributed by atoms with Crippen LogP contribution in [0.3, 0.4) is 0 Å². The number of ketones is 1. The fourth-order valence-electron chi connectivity index (χ4n) is 5.25.